The van der Waals surface area contributed by atoms with Crippen molar-refractivity contribution in [2.24, 2.45) is 5.10 Å². The summed E-state index contributed by atoms with van der Waals surface area (Å²) in [6, 6.07) is 17.6. The second-order valence-electron chi connectivity index (χ2n) is 8.25. The Balaban J connectivity index is 1.32. The maximum absolute atomic E-state index is 10.9. The summed E-state index contributed by atoms with van der Waals surface area (Å²) in [5, 5.41) is 18.3. The average molecular weight is 501 g/mol. The zero-order valence-electron chi connectivity index (χ0n) is 20.0. The predicted octanol–water partition coefficient (Wildman–Crippen LogP) is 4.37. The lowest BCUT2D eigenvalue weighted by molar-refractivity contribution is -0.384. The zero-order chi connectivity index (χ0) is 25.6. The van der Waals surface area contributed by atoms with E-state index in [0.717, 1.165) is 16.8 Å². The number of morpholine rings is 1. The third kappa shape index (κ3) is 6.05. The van der Waals surface area contributed by atoms with Gasteiger partial charge in [0, 0.05) is 36.5 Å². The number of aryl methyl sites for hydroxylation is 1. The summed E-state index contributed by atoms with van der Waals surface area (Å²) in [4.78, 5) is 26.0. The van der Waals surface area contributed by atoms with Crippen LogP contribution in [0.2, 0.25) is 0 Å². The lowest BCUT2D eigenvalue weighted by Crippen LogP contribution is -2.37. The molecule has 4 aromatic rings. The topological polar surface area (TPSA) is 144 Å². The van der Waals surface area contributed by atoms with Crippen LogP contribution < -0.4 is 15.6 Å². The Hall–Kier alpha value is -4.84. The molecule has 1 aliphatic rings. The number of nitrogens with zero attached hydrogens (tertiary/aromatic N) is 6. The zero-order valence-corrected chi connectivity index (χ0v) is 20.0. The number of furan rings is 1. The number of rotatable bonds is 8. The van der Waals surface area contributed by atoms with Gasteiger partial charge in [-0.1, -0.05) is 17.7 Å². The molecule has 2 aromatic heterocycles. The van der Waals surface area contributed by atoms with Gasteiger partial charge in [-0.25, -0.2) is 5.43 Å². The van der Waals surface area contributed by atoms with Crippen LogP contribution in [0.3, 0.4) is 0 Å². The highest BCUT2D eigenvalue weighted by molar-refractivity contribution is 5.78. The maximum Gasteiger partial charge on any atom is 0.269 e. The lowest BCUT2D eigenvalue weighted by Gasteiger charge is -2.27. The first-order valence-corrected chi connectivity index (χ1v) is 11.6. The minimum atomic E-state index is -0.441. The minimum Gasteiger partial charge on any atom is -0.455 e. The lowest BCUT2D eigenvalue weighted by atomic mass is 10.1. The molecule has 0 radical (unpaired) electrons. The molecular weight excluding hydrogens is 476 g/mol. The van der Waals surface area contributed by atoms with E-state index in [1.54, 1.807) is 24.3 Å². The van der Waals surface area contributed by atoms with Crippen molar-refractivity contribution in [2.45, 2.75) is 6.92 Å². The fourth-order valence-electron chi connectivity index (χ4n) is 3.62. The molecule has 0 atom stereocenters. The van der Waals surface area contributed by atoms with Crippen molar-refractivity contribution in [3.05, 3.63) is 82.1 Å². The van der Waals surface area contributed by atoms with Crippen molar-refractivity contribution >= 4 is 35.4 Å². The molecule has 0 bridgehead atoms. The molecular formula is C25H24N8O4. The van der Waals surface area contributed by atoms with Crippen molar-refractivity contribution < 1.29 is 14.1 Å². The molecule has 0 unspecified atom stereocenters. The molecule has 37 heavy (non-hydrogen) atoms. The van der Waals surface area contributed by atoms with Crippen LogP contribution in [-0.4, -0.2) is 52.4 Å². The van der Waals surface area contributed by atoms with Crippen LogP contribution in [-0.2, 0) is 4.74 Å². The monoisotopic (exact) mass is 500 g/mol. The largest absolute Gasteiger partial charge is 0.455 e. The van der Waals surface area contributed by atoms with E-state index < -0.39 is 4.92 Å². The SMILES string of the molecule is Cc1ccc(Nc2nc(N/N=C/c3ccc(-c4ccc([N+](=O)[O-])cc4)o3)nc(N3CCOCC3)n2)cc1. The molecule has 0 spiro atoms. The fourth-order valence-corrected chi connectivity index (χ4v) is 3.62. The number of ether oxygens (including phenoxy) is 1. The van der Waals surface area contributed by atoms with Crippen LogP contribution in [0, 0.1) is 17.0 Å². The van der Waals surface area contributed by atoms with Crippen LogP contribution in [0.4, 0.5) is 29.2 Å². The van der Waals surface area contributed by atoms with Crippen molar-refractivity contribution in [3.63, 3.8) is 0 Å². The number of non-ortho nitro benzene ring substituents is 1. The van der Waals surface area contributed by atoms with Crippen LogP contribution in [0.25, 0.3) is 11.3 Å². The van der Waals surface area contributed by atoms with Crippen LogP contribution in [0.15, 0.2) is 70.2 Å². The number of nitro benzene ring substituents is 1. The summed E-state index contributed by atoms with van der Waals surface area (Å²) in [5.74, 6) is 2.22. The first-order valence-electron chi connectivity index (χ1n) is 11.6. The normalized spacial score (nSPS) is 13.6. The highest BCUT2D eigenvalue weighted by Crippen LogP contribution is 2.24. The summed E-state index contributed by atoms with van der Waals surface area (Å²) in [7, 11) is 0. The van der Waals surface area contributed by atoms with Gasteiger partial charge in [-0.3, -0.25) is 10.1 Å². The highest BCUT2D eigenvalue weighted by Gasteiger charge is 2.17. The second kappa shape index (κ2) is 10.8. The Morgan fingerprint density at radius 1 is 0.973 bits per heavy atom. The van der Waals surface area contributed by atoms with Crippen molar-refractivity contribution in [2.75, 3.05) is 41.9 Å². The smallest absolute Gasteiger partial charge is 0.269 e. The summed E-state index contributed by atoms with van der Waals surface area (Å²) in [6.45, 7) is 4.58. The molecule has 3 heterocycles. The molecule has 0 saturated carbocycles. The Bertz CT molecular complexity index is 1400. The van der Waals surface area contributed by atoms with Crippen LogP contribution in [0.1, 0.15) is 11.3 Å². The molecule has 2 N–H and O–H groups in total. The van der Waals surface area contributed by atoms with E-state index >= 15 is 0 Å². The average Bonchev–Trinajstić information content (AvgIpc) is 3.39. The van der Waals surface area contributed by atoms with E-state index in [2.05, 4.69) is 30.8 Å². The first kappa shape index (κ1) is 23.9. The van der Waals surface area contributed by atoms with Crippen molar-refractivity contribution in [1.82, 2.24) is 15.0 Å². The number of benzene rings is 2. The quantitative estimate of drug-likeness (QED) is 0.203. The summed E-state index contributed by atoms with van der Waals surface area (Å²) in [5.41, 5.74) is 5.60. The van der Waals surface area contributed by atoms with Crippen LogP contribution >= 0.6 is 0 Å². The van der Waals surface area contributed by atoms with E-state index in [-0.39, 0.29) is 11.6 Å². The summed E-state index contributed by atoms with van der Waals surface area (Å²) >= 11 is 0. The van der Waals surface area contributed by atoms with Gasteiger partial charge in [0.25, 0.3) is 5.69 Å². The van der Waals surface area contributed by atoms with E-state index in [1.165, 1.54) is 18.3 Å². The van der Waals surface area contributed by atoms with Gasteiger partial charge in [0.2, 0.25) is 17.8 Å². The fraction of sp³-hybridized carbons (Fsp3) is 0.200. The number of hydrogen-bond acceptors (Lipinski definition) is 11. The summed E-state index contributed by atoms with van der Waals surface area (Å²) in [6.07, 6.45) is 1.50. The van der Waals surface area contributed by atoms with E-state index in [9.17, 15) is 10.1 Å². The first-order chi connectivity index (χ1) is 18.0. The molecule has 1 aliphatic heterocycles. The number of hydrazone groups is 1. The minimum absolute atomic E-state index is 0.0197. The molecule has 1 fully saturated rings. The van der Waals surface area contributed by atoms with E-state index in [1.807, 2.05) is 36.1 Å². The molecule has 0 aliphatic carbocycles. The van der Waals surface area contributed by atoms with Gasteiger partial charge < -0.3 is 19.4 Å². The highest BCUT2D eigenvalue weighted by atomic mass is 16.6. The predicted molar refractivity (Wildman–Crippen MR) is 139 cm³/mol. The van der Waals surface area contributed by atoms with E-state index in [0.29, 0.717) is 49.7 Å². The Morgan fingerprint density at radius 2 is 1.70 bits per heavy atom. The van der Waals surface area contributed by atoms with Gasteiger partial charge >= 0.3 is 0 Å². The van der Waals surface area contributed by atoms with Gasteiger partial charge in [-0.2, -0.15) is 20.1 Å². The number of anilines is 4. The number of aromatic nitrogens is 3. The molecule has 188 valence electrons. The van der Waals surface area contributed by atoms with Gasteiger partial charge in [0.05, 0.1) is 24.4 Å². The van der Waals surface area contributed by atoms with Crippen LogP contribution in [0.5, 0.6) is 0 Å². The molecule has 12 heteroatoms. The van der Waals surface area contributed by atoms with Gasteiger partial charge in [0.1, 0.15) is 11.5 Å². The third-order valence-electron chi connectivity index (χ3n) is 5.57. The Kier molecular flexibility index (Phi) is 6.99. The third-order valence-corrected chi connectivity index (χ3v) is 5.57. The van der Waals surface area contributed by atoms with Gasteiger partial charge in [0.15, 0.2) is 0 Å². The van der Waals surface area contributed by atoms with Crippen molar-refractivity contribution in [1.29, 1.82) is 0 Å². The maximum atomic E-state index is 10.9. The number of nitrogens with one attached hydrogen (secondary N) is 2. The number of hydrogen-bond donors (Lipinski definition) is 2. The van der Waals surface area contributed by atoms with Gasteiger partial charge in [-0.05, 0) is 43.3 Å². The Morgan fingerprint density at radius 3 is 2.43 bits per heavy atom. The molecule has 1 saturated heterocycles. The van der Waals surface area contributed by atoms with Crippen molar-refractivity contribution in [3.8, 4) is 11.3 Å². The molecule has 5 rings (SSSR count). The standard InChI is InChI=1S/C25H24N8O4/c1-17-2-6-19(7-3-17)27-23-28-24(30-25(29-23)32-12-14-36-15-13-32)31-26-16-21-10-11-22(37-21)18-4-8-20(9-5-18)33(34)35/h2-11,16H,12-15H2,1H3,(H2,27,28,29,30,31)/b26-16+. The van der Waals surface area contributed by atoms with Gasteiger partial charge in [-0.15, -0.1) is 0 Å². The summed E-state index contributed by atoms with van der Waals surface area (Å²) < 4.78 is 11.2. The molecule has 0 amide bonds. The second-order valence-corrected chi connectivity index (χ2v) is 8.25. The number of nitro groups is 1. The van der Waals surface area contributed by atoms with E-state index in [4.69, 9.17) is 9.15 Å². The Labute approximate surface area is 212 Å². The molecule has 2 aromatic carbocycles. The molecule has 12 nitrogen and oxygen atoms in total.